The van der Waals surface area contributed by atoms with E-state index >= 15 is 0 Å². The van der Waals surface area contributed by atoms with E-state index in [9.17, 15) is 8.42 Å². The van der Waals surface area contributed by atoms with Crippen LogP contribution in [0, 0.1) is 0 Å². The summed E-state index contributed by atoms with van der Waals surface area (Å²) in [5.74, 6) is 0.220. The van der Waals surface area contributed by atoms with E-state index in [1.165, 1.54) is 12.8 Å². The summed E-state index contributed by atoms with van der Waals surface area (Å²) in [6.45, 7) is 4.60. The van der Waals surface area contributed by atoms with Crippen LogP contribution in [0.15, 0.2) is 0 Å². The van der Waals surface area contributed by atoms with Crippen molar-refractivity contribution in [1.29, 1.82) is 0 Å². The Balaban J connectivity index is 3.46. The maximum atomic E-state index is 11.3. The number of sulfonamides is 1. The van der Waals surface area contributed by atoms with Crippen molar-refractivity contribution in [3.05, 3.63) is 0 Å². The van der Waals surface area contributed by atoms with Crippen LogP contribution in [0.4, 0.5) is 0 Å². The maximum Gasteiger partial charge on any atom is 0.227 e. The van der Waals surface area contributed by atoms with Crippen LogP contribution in [0.1, 0.15) is 52.4 Å². The normalized spacial score (nSPS) is 11.9. The van der Waals surface area contributed by atoms with Crippen LogP contribution in [-0.4, -0.2) is 20.7 Å². The molecule has 0 bridgehead atoms. The van der Waals surface area contributed by atoms with Gasteiger partial charge in [0.15, 0.2) is 0 Å². The molecule has 0 aliphatic rings. The minimum Gasteiger partial charge on any atom is -0.211 e. The molecule has 0 aromatic heterocycles. The van der Waals surface area contributed by atoms with Crippen molar-refractivity contribution >= 4 is 10.0 Å². The summed E-state index contributed by atoms with van der Waals surface area (Å²) in [7, 11) is -3.11. The van der Waals surface area contributed by atoms with E-state index in [0.717, 1.165) is 25.7 Å². The van der Waals surface area contributed by atoms with Crippen LogP contribution in [-0.2, 0) is 10.0 Å². The molecule has 0 aromatic rings. The summed E-state index contributed by atoms with van der Waals surface area (Å²) in [5.41, 5.74) is 0. The van der Waals surface area contributed by atoms with Gasteiger partial charge in [0.2, 0.25) is 10.0 Å². The lowest BCUT2D eigenvalue weighted by atomic mass is 10.2. The second-order valence-electron chi connectivity index (χ2n) is 3.55. The monoisotopic (exact) mass is 220 g/mol. The molecule has 0 aliphatic carbocycles. The van der Waals surface area contributed by atoms with Gasteiger partial charge >= 0.3 is 0 Å². The summed E-state index contributed by atoms with van der Waals surface area (Å²) in [5, 5.41) is 0. The fourth-order valence-corrected chi connectivity index (χ4v) is 2.32. The van der Waals surface area contributed by atoms with E-state index < -0.39 is 10.0 Å². The van der Waals surface area contributed by atoms with Crippen molar-refractivity contribution in [3.63, 3.8) is 0 Å². The Labute approximate surface area is 88.3 Å². The molecule has 0 atom stereocenters. The summed E-state index contributed by atoms with van der Waals surface area (Å²) in [6.07, 6.45) is 5.96. The van der Waals surface area contributed by atoms with E-state index in [4.69, 9.17) is 0 Å². The van der Waals surface area contributed by atoms with E-state index in [-0.39, 0.29) is 5.75 Å². The van der Waals surface area contributed by atoms with Crippen LogP contribution in [0.5, 0.6) is 0 Å². The molecule has 14 heavy (non-hydrogen) atoms. The third-order valence-corrected chi connectivity index (χ3v) is 3.44. The zero-order valence-corrected chi connectivity index (χ0v) is 10.1. The zero-order valence-electron chi connectivity index (χ0n) is 9.33. The number of rotatable bonds is 9. The fourth-order valence-electron chi connectivity index (χ4n) is 1.13. The molecule has 0 aliphatic heterocycles. The highest BCUT2D eigenvalue weighted by Crippen LogP contribution is 2.00. The van der Waals surface area contributed by atoms with Crippen molar-refractivity contribution in [2.24, 2.45) is 0 Å². The van der Waals surface area contributed by atoms with Crippen LogP contribution < -0.4 is 4.72 Å². The summed E-state index contributed by atoms with van der Waals surface area (Å²) in [4.78, 5) is 0. The van der Waals surface area contributed by atoms with Gasteiger partial charge in [-0.05, 0) is 12.8 Å². The molecule has 0 fully saturated rings. The van der Waals surface area contributed by atoms with Crippen LogP contribution >= 0.6 is 0 Å². The number of hydrogen-bond acceptors (Lipinski definition) is 2. The Bertz CT molecular complexity index is 212. The third kappa shape index (κ3) is 8.51. The topological polar surface area (TPSA) is 48.2 Å². The van der Waals surface area contributed by atoms with E-state index in [1.807, 2.05) is 6.92 Å². The molecule has 0 spiro atoms. The van der Waals surface area contributed by atoms with E-state index in [0.29, 0.717) is 6.54 Å². The maximum absolute atomic E-state index is 11.3. The van der Waals surface area contributed by atoms with E-state index in [1.54, 1.807) is 0 Å². The summed E-state index contributed by atoms with van der Waals surface area (Å²) < 4.78 is 26.2. The predicted molar refractivity (Wildman–Crippen MR) is 59.8 cm³/mol. The SMILES string of the molecule is CCCCCC[N]S(=O)(=O)CCCC. The molecule has 3 nitrogen and oxygen atoms in total. The molecule has 0 aromatic carbocycles. The van der Waals surface area contributed by atoms with Crippen molar-refractivity contribution in [2.75, 3.05) is 12.3 Å². The molecule has 0 N–H and O–H groups in total. The van der Waals surface area contributed by atoms with Crippen LogP contribution in [0.2, 0.25) is 0 Å². The molecule has 0 saturated carbocycles. The van der Waals surface area contributed by atoms with Crippen molar-refractivity contribution in [3.8, 4) is 0 Å². The van der Waals surface area contributed by atoms with Crippen molar-refractivity contribution in [1.82, 2.24) is 4.72 Å². The van der Waals surface area contributed by atoms with Crippen LogP contribution in [0.3, 0.4) is 0 Å². The van der Waals surface area contributed by atoms with Crippen molar-refractivity contribution < 1.29 is 8.42 Å². The van der Waals surface area contributed by atoms with E-state index in [2.05, 4.69) is 11.6 Å². The lowest BCUT2D eigenvalue weighted by Gasteiger charge is -2.02. The molecule has 1 radical (unpaired) electrons. The van der Waals surface area contributed by atoms with Gasteiger partial charge in [0.1, 0.15) is 0 Å². The molecule has 0 amide bonds. The Morgan fingerprint density at radius 3 is 2.14 bits per heavy atom. The van der Waals surface area contributed by atoms with Gasteiger partial charge in [-0.15, -0.1) is 4.72 Å². The lowest BCUT2D eigenvalue weighted by molar-refractivity contribution is 0.568. The number of unbranched alkanes of at least 4 members (excludes halogenated alkanes) is 4. The Morgan fingerprint density at radius 2 is 1.57 bits per heavy atom. The molecular weight excluding hydrogens is 198 g/mol. The summed E-state index contributed by atoms with van der Waals surface area (Å²) >= 11 is 0. The fraction of sp³-hybridized carbons (Fsp3) is 1.00. The van der Waals surface area contributed by atoms with Gasteiger partial charge in [0.25, 0.3) is 0 Å². The van der Waals surface area contributed by atoms with Crippen molar-refractivity contribution in [2.45, 2.75) is 52.4 Å². The molecular formula is C10H22NO2S. The van der Waals surface area contributed by atoms with Gasteiger partial charge in [-0.2, -0.15) is 0 Å². The zero-order chi connectivity index (χ0) is 10.9. The second kappa shape index (κ2) is 8.24. The minimum atomic E-state index is -3.11. The predicted octanol–water partition coefficient (Wildman–Crippen LogP) is 2.30. The van der Waals surface area contributed by atoms with Gasteiger partial charge in [0, 0.05) is 6.54 Å². The quantitative estimate of drug-likeness (QED) is 0.560. The average molecular weight is 220 g/mol. The summed E-state index contributed by atoms with van der Waals surface area (Å²) in [6, 6.07) is 0. The molecule has 0 unspecified atom stereocenters. The largest absolute Gasteiger partial charge is 0.227 e. The third-order valence-electron chi connectivity index (χ3n) is 2.06. The molecule has 4 heteroatoms. The highest BCUT2D eigenvalue weighted by Gasteiger charge is 2.09. The van der Waals surface area contributed by atoms with Gasteiger partial charge in [-0.1, -0.05) is 39.5 Å². The second-order valence-corrected chi connectivity index (χ2v) is 5.38. The van der Waals surface area contributed by atoms with Gasteiger partial charge < -0.3 is 0 Å². The first-order valence-electron chi connectivity index (χ1n) is 5.54. The van der Waals surface area contributed by atoms with Gasteiger partial charge in [0.05, 0.1) is 5.75 Å². The molecule has 0 saturated heterocycles. The van der Waals surface area contributed by atoms with Crippen LogP contribution in [0.25, 0.3) is 0 Å². The molecule has 0 heterocycles. The Kier molecular flexibility index (Phi) is 8.18. The minimum absolute atomic E-state index is 0.220. The first-order valence-corrected chi connectivity index (χ1v) is 7.14. The number of hydrogen-bond donors (Lipinski definition) is 0. The lowest BCUT2D eigenvalue weighted by Crippen LogP contribution is -2.20. The first-order chi connectivity index (χ1) is 6.62. The average Bonchev–Trinajstić information content (AvgIpc) is 2.15. The molecule has 0 rings (SSSR count). The standard InChI is InChI=1S/C10H22NO2S/c1-3-5-7-8-9-11-14(12,13)10-6-4-2/h3-10H2,1-2H3. The Hall–Kier alpha value is -0.0900. The van der Waals surface area contributed by atoms with Gasteiger partial charge in [-0.25, -0.2) is 8.42 Å². The Morgan fingerprint density at radius 1 is 0.929 bits per heavy atom. The first kappa shape index (κ1) is 13.9. The highest BCUT2D eigenvalue weighted by molar-refractivity contribution is 7.89. The van der Waals surface area contributed by atoms with Gasteiger partial charge in [-0.3, -0.25) is 0 Å². The highest BCUT2D eigenvalue weighted by atomic mass is 32.2. The smallest absolute Gasteiger partial charge is 0.211 e. The number of nitrogens with zero attached hydrogens (tertiary/aromatic N) is 1. The molecule has 85 valence electrons.